The van der Waals surface area contributed by atoms with Gasteiger partial charge in [0.25, 0.3) is 0 Å². The number of aromatic nitrogens is 2. The van der Waals surface area contributed by atoms with Crippen molar-refractivity contribution in [2.45, 2.75) is 0 Å². The second-order valence-electron chi connectivity index (χ2n) is 7.70. The zero-order valence-corrected chi connectivity index (χ0v) is 22.7. The molecule has 3 aromatic rings. The third-order valence-electron chi connectivity index (χ3n) is 5.48. The van der Waals surface area contributed by atoms with E-state index >= 15 is 0 Å². The Balaban J connectivity index is 0.00000241. The van der Waals surface area contributed by atoms with E-state index in [1.54, 1.807) is 24.3 Å². The largest absolute Gasteiger partial charge is 0.386 e. The topological polar surface area (TPSA) is 164 Å². The molecule has 1 aliphatic carbocycles. The van der Waals surface area contributed by atoms with Crippen molar-refractivity contribution in [2.24, 2.45) is 21.5 Å². The lowest BCUT2D eigenvalue weighted by atomic mass is 9.81. The number of aromatic amines is 1. The molecular weight excluding hydrogens is 562 g/mol. The van der Waals surface area contributed by atoms with Crippen molar-refractivity contribution >= 4 is 93.7 Å². The second-order valence-corrected chi connectivity index (χ2v) is 8.23. The van der Waals surface area contributed by atoms with Gasteiger partial charge in [0.15, 0.2) is 11.6 Å². The molecule has 0 unspecified atom stereocenters. The maximum Gasteiger partial charge on any atom is 0.196 e. The van der Waals surface area contributed by atoms with Crippen molar-refractivity contribution in [3.8, 4) is 0 Å². The summed E-state index contributed by atoms with van der Waals surface area (Å²) in [6.07, 6.45) is 1.52. The lowest BCUT2D eigenvalue weighted by Gasteiger charge is -2.24. The number of carbonyl (C=O) groups excluding carboxylic acids is 2. The number of aliphatic imine (C=N–C) groups is 2. The van der Waals surface area contributed by atoms with Gasteiger partial charge in [-0.2, -0.15) is 0 Å². The van der Waals surface area contributed by atoms with Crippen molar-refractivity contribution in [1.82, 2.24) is 9.97 Å². The average molecular weight is 588 g/mol. The van der Waals surface area contributed by atoms with Gasteiger partial charge >= 0.3 is 0 Å². The molecular formula is C23H26Cl4N8O2. The first kappa shape index (κ1) is 30.2. The van der Waals surface area contributed by atoms with Crippen LogP contribution in [0.4, 0.5) is 11.4 Å². The number of hydrogen-bond acceptors (Lipinski definition) is 7. The standard InChI is InChI=1S/C23H24Cl2N8O2.2ClH/c24-9-14(26)28-5-7-30-18-16-17(23(35)13-4-2-1-3-12(13)22(16)34)19(21-20(18)32-11-33-21)31-8-6-29-15(27)10-25;;/h1-4,11,30-31H,5-10H2,(H2,26,28)(H2,27,29)(H,32,33);2*1H. The Morgan fingerprint density at radius 2 is 1.35 bits per heavy atom. The Labute approximate surface area is 235 Å². The number of imidazole rings is 1. The first-order chi connectivity index (χ1) is 17.0. The van der Waals surface area contributed by atoms with Gasteiger partial charge in [-0.25, -0.2) is 4.98 Å². The van der Waals surface area contributed by atoms with Crippen LogP contribution in [0.15, 0.2) is 40.6 Å². The minimum atomic E-state index is -0.265. The van der Waals surface area contributed by atoms with Gasteiger partial charge < -0.3 is 27.1 Å². The fourth-order valence-electron chi connectivity index (χ4n) is 3.96. The average Bonchev–Trinajstić information content (AvgIpc) is 3.37. The summed E-state index contributed by atoms with van der Waals surface area (Å²) < 4.78 is 0. The molecule has 0 spiro atoms. The van der Waals surface area contributed by atoms with Crippen LogP contribution in [0.3, 0.4) is 0 Å². The number of hydrogen-bond donors (Lipinski definition) is 5. The van der Waals surface area contributed by atoms with Crippen molar-refractivity contribution in [2.75, 3.05) is 48.6 Å². The Kier molecular flexibility index (Phi) is 11.0. The predicted molar refractivity (Wildman–Crippen MR) is 155 cm³/mol. The zero-order chi connectivity index (χ0) is 24.9. The van der Waals surface area contributed by atoms with E-state index in [1.807, 2.05) is 0 Å². The number of nitrogens with one attached hydrogen (secondary N) is 3. The van der Waals surface area contributed by atoms with Crippen LogP contribution in [-0.2, 0) is 0 Å². The third kappa shape index (κ3) is 6.10. The van der Waals surface area contributed by atoms with Gasteiger partial charge in [0.05, 0.1) is 59.2 Å². The molecule has 10 nitrogen and oxygen atoms in total. The summed E-state index contributed by atoms with van der Waals surface area (Å²) in [5, 5.41) is 6.49. The van der Waals surface area contributed by atoms with Crippen molar-refractivity contribution in [3.05, 3.63) is 52.8 Å². The van der Waals surface area contributed by atoms with Gasteiger partial charge in [0, 0.05) is 24.2 Å². The quantitative estimate of drug-likeness (QED) is 0.0625. The molecule has 0 amide bonds. The summed E-state index contributed by atoms with van der Waals surface area (Å²) >= 11 is 11.4. The molecule has 37 heavy (non-hydrogen) atoms. The number of nitrogens with zero attached hydrogens (tertiary/aromatic N) is 3. The van der Waals surface area contributed by atoms with E-state index in [2.05, 4.69) is 30.6 Å². The molecule has 0 aliphatic heterocycles. The summed E-state index contributed by atoms with van der Waals surface area (Å²) in [4.78, 5) is 43.2. The van der Waals surface area contributed by atoms with Crippen LogP contribution < -0.4 is 22.1 Å². The Hall–Kier alpha value is -3.05. The van der Waals surface area contributed by atoms with E-state index in [9.17, 15) is 9.59 Å². The van der Waals surface area contributed by atoms with Gasteiger partial charge in [-0.3, -0.25) is 19.6 Å². The predicted octanol–water partition coefficient (Wildman–Crippen LogP) is 3.20. The highest BCUT2D eigenvalue weighted by Crippen LogP contribution is 2.41. The summed E-state index contributed by atoms with van der Waals surface area (Å²) in [5.74, 6) is 0.371. The fraction of sp³-hybridized carbons (Fsp3) is 0.261. The highest BCUT2D eigenvalue weighted by atomic mass is 35.5. The van der Waals surface area contributed by atoms with Crippen molar-refractivity contribution < 1.29 is 9.59 Å². The van der Waals surface area contributed by atoms with Crippen LogP contribution in [0.2, 0.25) is 0 Å². The number of ketones is 2. The number of benzene rings is 2. The van der Waals surface area contributed by atoms with Gasteiger partial charge in [-0.05, 0) is 0 Å². The zero-order valence-electron chi connectivity index (χ0n) is 19.5. The summed E-state index contributed by atoms with van der Waals surface area (Å²) in [6, 6.07) is 6.77. The molecule has 2 aromatic carbocycles. The fourth-order valence-corrected chi connectivity index (χ4v) is 4.13. The van der Waals surface area contributed by atoms with Crippen molar-refractivity contribution in [1.29, 1.82) is 0 Å². The number of nitrogens with two attached hydrogens (primary N) is 2. The molecule has 4 rings (SSSR count). The monoisotopic (exact) mass is 586 g/mol. The molecule has 198 valence electrons. The second kappa shape index (κ2) is 13.5. The van der Waals surface area contributed by atoms with E-state index in [1.165, 1.54) is 6.33 Å². The summed E-state index contributed by atoms with van der Waals surface area (Å²) in [5.41, 5.74) is 14.6. The number of rotatable bonds is 10. The van der Waals surface area contributed by atoms with Crippen LogP contribution >= 0.6 is 48.0 Å². The minimum Gasteiger partial charge on any atom is -0.386 e. The number of amidine groups is 2. The van der Waals surface area contributed by atoms with E-state index in [4.69, 9.17) is 34.7 Å². The first-order valence-corrected chi connectivity index (χ1v) is 11.9. The number of anilines is 2. The lowest BCUT2D eigenvalue weighted by Crippen LogP contribution is -2.26. The number of carbonyl (C=O) groups is 2. The van der Waals surface area contributed by atoms with Crippen LogP contribution in [-0.4, -0.2) is 71.1 Å². The maximum atomic E-state index is 13.7. The van der Waals surface area contributed by atoms with E-state index in [0.717, 1.165) is 0 Å². The molecule has 14 heteroatoms. The normalized spacial score (nSPS) is 12.9. The number of halogens is 4. The minimum absolute atomic E-state index is 0. The Bertz CT molecular complexity index is 1260. The van der Waals surface area contributed by atoms with Gasteiger partial charge in [0.1, 0.15) is 17.2 Å². The van der Waals surface area contributed by atoms with Gasteiger partial charge in [-0.15, -0.1) is 48.0 Å². The maximum absolute atomic E-state index is 13.7. The van der Waals surface area contributed by atoms with Crippen LogP contribution in [0.1, 0.15) is 31.8 Å². The van der Waals surface area contributed by atoms with Crippen LogP contribution in [0.5, 0.6) is 0 Å². The highest BCUT2D eigenvalue weighted by Gasteiger charge is 2.36. The smallest absolute Gasteiger partial charge is 0.196 e. The SMILES string of the molecule is Cl.Cl.NC(CCl)=NCCNc1c2c(c(NCCN=C(N)CCl)c3[nH]cnc13)C(=O)c1ccccc1C2=O. The molecule has 1 aromatic heterocycles. The van der Waals surface area contributed by atoms with Gasteiger partial charge in [-0.1, -0.05) is 24.3 Å². The summed E-state index contributed by atoms with van der Waals surface area (Å²) in [7, 11) is 0. The van der Waals surface area contributed by atoms with Crippen molar-refractivity contribution in [3.63, 3.8) is 0 Å². The molecule has 1 heterocycles. The Morgan fingerprint density at radius 3 is 1.86 bits per heavy atom. The molecule has 0 bridgehead atoms. The third-order valence-corrected chi connectivity index (χ3v) is 6.03. The van der Waals surface area contributed by atoms with E-state index in [0.29, 0.717) is 71.4 Å². The number of fused-ring (bicyclic) bond motifs is 3. The Morgan fingerprint density at radius 1 is 0.865 bits per heavy atom. The highest BCUT2D eigenvalue weighted by molar-refractivity contribution is 6.34. The molecule has 1 aliphatic rings. The van der Waals surface area contributed by atoms with E-state index in [-0.39, 0.29) is 59.3 Å². The molecule has 0 radical (unpaired) electrons. The molecule has 7 N–H and O–H groups in total. The van der Waals surface area contributed by atoms with Gasteiger partial charge in [0.2, 0.25) is 0 Å². The summed E-state index contributed by atoms with van der Waals surface area (Å²) in [6.45, 7) is 1.38. The van der Waals surface area contributed by atoms with Crippen LogP contribution in [0.25, 0.3) is 11.0 Å². The number of H-pyrrole nitrogens is 1. The molecule has 0 saturated carbocycles. The molecule has 0 saturated heterocycles. The van der Waals surface area contributed by atoms with E-state index < -0.39 is 0 Å². The van der Waals surface area contributed by atoms with Crippen LogP contribution in [0, 0.1) is 0 Å². The lowest BCUT2D eigenvalue weighted by molar-refractivity contribution is 0.0980. The first-order valence-electron chi connectivity index (χ1n) is 10.9. The molecule has 0 atom stereocenters. The molecule has 0 fully saturated rings. The number of alkyl halides is 2.